The number of rotatable bonds is 3. The van der Waals surface area contributed by atoms with E-state index < -0.39 is 11.7 Å². The Morgan fingerprint density at radius 1 is 1.27 bits per heavy atom. The number of hydrogen-bond donors (Lipinski definition) is 0. The molecule has 22 heavy (non-hydrogen) atoms. The summed E-state index contributed by atoms with van der Waals surface area (Å²) in [5.74, 6) is -0.357. The number of ether oxygens (including phenoxy) is 1. The number of carbonyl (C=O) groups excluding carboxylic acids is 2. The average molecular weight is 415 g/mol. The Hall–Kier alpha value is -1.37. The average Bonchev–Trinajstić information content (AvgIpc) is 2.37. The fourth-order valence-corrected chi connectivity index (χ4v) is 2.49. The van der Waals surface area contributed by atoms with Gasteiger partial charge in [0.15, 0.2) is 0 Å². The van der Waals surface area contributed by atoms with Gasteiger partial charge in [-0.2, -0.15) is 0 Å². The van der Waals surface area contributed by atoms with E-state index in [-0.39, 0.29) is 11.9 Å². The lowest BCUT2D eigenvalue weighted by Gasteiger charge is -2.29. The maximum absolute atomic E-state index is 12.8. The van der Waals surface area contributed by atoms with Crippen molar-refractivity contribution in [3.63, 3.8) is 0 Å². The summed E-state index contributed by atoms with van der Waals surface area (Å²) in [5, 5.41) is 0. The van der Waals surface area contributed by atoms with Gasteiger partial charge in [0, 0.05) is 3.57 Å². The largest absolute Gasteiger partial charge is 0.443 e. The van der Waals surface area contributed by atoms with E-state index in [2.05, 4.69) is 22.6 Å². The minimum atomic E-state index is -0.658. The lowest BCUT2D eigenvalue weighted by molar-refractivity contribution is 0.0208. The van der Waals surface area contributed by atoms with Crippen LogP contribution in [0, 0.1) is 3.57 Å². The van der Waals surface area contributed by atoms with Crippen molar-refractivity contribution in [2.24, 2.45) is 0 Å². The number of carbonyl (C=O) groups is 2. The molecule has 0 fully saturated rings. The van der Waals surface area contributed by atoms with Crippen molar-refractivity contribution in [1.82, 2.24) is 4.90 Å². The second-order valence-corrected chi connectivity index (χ2v) is 7.06. The lowest BCUT2D eigenvalue weighted by atomic mass is 10.1. The highest BCUT2D eigenvalue weighted by Crippen LogP contribution is 2.19. The van der Waals surface area contributed by atoms with Crippen LogP contribution in [-0.4, -0.2) is 28.5 Å². The lowest BCUT2D eigenvalue weighted by Crippen LogP contribution is -2.45. The minimum absolute atomic E-state index is 0.357. The van der Waals surface area contributed by atoms with Gasteiger partial charge in [-0.05, 0) is 69.3 Å². The number of hydrogen-bond acceptors (Lipinski definition) is 3. The predicted octanol–water partition coefficient (Wildman–Crippen LogP) is 4.63. The summed E-state index contributed by atoms with van der Waals surface area (Å²) in [6.07, 6.45) is 2.96. The van der Waals surface area contributed by atoms with Crippen LogP contribution in [0.25, 0.3) is 0 Å². The maximum Gasteiger partial charge on any atom is 0.417 e. The molecule has 0 aliphatic rings. The standard InChI is InChI=1S/C17H22INO3/c1-6-9-12(2)19(16(21)22-17(3,4)5)15(20)13-10-7-8-11-14(13)18/h6-12H,1-5H3/b9-6-/t12-/m0/s1. The van der Waals surface area contributed by atoms with Crippen molar-refractivity contribution < 1.29 is 14.3 Å². The van der Waals surface area contributed by atoms with Gasteiger partial charge < -0.3 is 4.74 Å². The second-order valence-electron chi connectivity index (χ2n) is 5.90. The molecule has 5 heteroatoms. The second kappa shape index (κ2) is 7.76. The van der Waals surface area contributed by atoms with Crippen LogP contribution in [0.4, 0.5) is 4.79 Å². The van der Waals surface area contributed by atoms with E-state index in [0.717, 1.165) is 8.47 Å². The topological polar surface area (TPSA) is 46.6 Å². The molecule has 1 aromatic carbocycles. The first-order valence-corrected chi connectivity index (χ1v) is 8.19. The Labute approximate surface area is 145 Å². The predicted molar refractivity (Wildman–Crippen MR) is 95.8 cm³/mol. The minimum Gasteiger partial charge on any atom is -0.443 e. The molecule has 1 aromatic rings. The highest BCUT2D eigenvalue weighted by atomic mass is 127. The molecule has 1 rings (SSSR count). The number of nitrogens with zero attached hydrogens (tertiary/aromatic N) is 1. The van der Waals surface area contributed by atoms with Gasteiger partial charge in [-0.25, -0.2) is 9.69 Å². The van der Waals surface area contributed by atoms with E-state index in [1.54, 1.807) is 45.9 Å². The van der Waals surface area contributed by atoms with E-state index >= 15 is 0 Å². The quantitative estimate of drug-likeness (QED) is 0.534. The Bertz CT molecular complexity index is 576. The third-order valence-electron chi connectivity index (χ3n) is 2.79. The highest BCUT2D eigenvalue weighted by molar-refractivity contribution is 14.1. The number of halogens is 1. The normalized spacial score (nSPS) is 13.0. The molecule has 0 bridgehead atoms. The van der Waals surface area contributed by atoms with Gasteiger partial charge in [-0.15, -0.1) is 0 Å². The molecular formula is C17H22INO3. The number of imide groups is 1. The van der Waals surface area contributed by atoms with E-state index in [9.17, 15) is 9.59 Å². The molecule has 0 aromatic heterocycles. The fraction of sp³-hybridized carbons (Fsp3) is 0.412. The van der Waals surface area contributed by atoms with Crippen molar-refractivity contribution in [3.8, 4) is 0 Å². The molecule has 120 valence electrons. The van der Waals surface area contributed by atoms with Gasteiger partial charge in [0.05, 0.1) is 11.6 Å². The summed E-state index contributed by atoms with van der Waals surface area (Å²) in [5.41, 5.74) is -0.167. The first-order valence-electron chi connectivity index (χ1n) is 7.11. The molecule has 2 amide bonds. The zero-order valence-electron chi connectivity index (χ0n) is 13.6. The fourth-order valence-electron chi connectivity index (χ4n) is 1.87. The third-order valence-corrected chi connectivity index (χ3v) is 3.73. The van der Waals surface area contributed by atoms with Crippen molar-refractivity contribution in [2.75, 3.05) is 0 Å². The zero-order valence-corrected chi connectivity index (χ0v) is 15.7. The number of allylic oxidation sites excluding steroid dienone is 1. The van der Waals surface area contributed by atoms with E-state index in [1.165, 1.54) is 0 Å². The maximum atomic E-state index is 12.8. The van der Waals surface area contributed by atoms with Crippen LogP contribution in [0.5, 0.6) is 0 Å². The third kappa shape index (κ3) is 5.12. The van der Waals surface area contributed by atoms with Crippen LogP contribution in [0.2, 0.25) is 0 Å². The smallest absolute Gasteiger partial charge is 0.417 e. The Morgan fingerprint density at radius 2 is 1.86 bits per heavy atom. The van der Waals surface area contributed by atoms with Crippen LogP contribution >= 0.6 is 22.6 Å². The first kappa shape index (κ1) is 18.7. The van der Waals surface area contributed by atoms with Gasteiger partial charge in [-0.3, -0.25) is 4.79 Å². The van der Waals surface area contributed by atoms with Crippen molar-refractivity contribution in [1.29, 1.82) is 0 Å². The zero-order chi connectivity index (χ0) is 16.9. The van der Waals surface area contributed by atoms with Gasteiger partial charge in [0.2, 0.25) is 0 Å². The Morgan fingerprint density at radius 3 is 2.36 bits per heavy atom. The van der Waals surface area contributed by atoms with Gasteiger partial charge in [-0.1, -0.05) is 24.3 Å². The summed E-state index contributed by atoms with van der Waals surface area (Å²) in [7, 11) is 0. The van der Waals surface area contributed by atoms with Gasteiger partial charge in [0.25, 0.3) is 5.91 Å². The highest BCUT2D eigenvalue weighted by Gasteiger charge is 2.31. The molecule has 1 atom stereocenters. The molecule has 0 aliphatic carbocycles. The van der Waals surface area contributed by atoms with E-state index in [4.69, 9.17) is 4.74 Å². The molecule has 0 unspecified atom stereocenters. The van der Waals surface area contributed by atoms with Crippen molar-refractivity contribution in [2.45, 2.75) is 46.3 Å². The SMILES string of the molecule is C/C=C\[C@H](C)N(C(=O)OC(C)(C)C)C(=O)c1ccccc1I. The molecule has 0 aliphatic heterocycles. The molecule has 0 spiro atoms. The van der Waals surface area contributed by atoms with Crippen LogP contribution in [-0.2, 0) is 4.74 Å². The Balaban J connectivity index is 3.18. The monoisotopic (exact) mass is 415 g/mol. The van der Waals surface area contributed by atoms with E-state index in [0.29, 0.717) is 5.56 Å². The van der Waals surface area contributed by atoms with Crippen LogP contribution < -0.4 is 0 Å². The van der Waals surface area contributed by atoms with Crippen LogP contribution in [0.1, 0.15) is 45.0 Å². The summed E-state index contributed by atoms with van der Waals surface area (Å²) in [6, 6.07) is 6.79. The summed E-state index contributed by atoms with van der Waals surface area (Å²) < 4.78 is 6.18. The van der Waals surface area contributed by atoms with E-state index in [1.807, 2.05) is 25.1 Å². The molecular weight excluding hydrogens is 393 g/mol. The van der Waals surface area contributed by atoms with Crippen molar-refractivity contribution in [3.05, 3.63) is 45.6 Å². The molecule has 0 saturated carbocycles. The molecule has 0 saturated heterocycles. The van der Waals surface area contributed by atoms with Gasteiger partial charge >= 0.3 is 6.09 Å². The molecule has 4 nitrogen and oxygen atoms in total. The number of benzene rings is 1. The first-order chi connectivity index (χ1) is 10.2. The summed E-state index contributed by atoms with van der Waals surface area (Å²) in [4.78, 5) is 26.4. The summed E-state index contributed by atoms with van der Waals surface area (Å²) in [6.45, 7) is 8.97. The van der Waals surface area contributed by atoms with Crippen molar-refractivity contribution >= 4 is 34.6 Å². The van der Waals surface area contributed by atoms with Crippen LogP contribution in [0.15, 0.2) is 36.4 Å². The molecule has 0 N–H and O–H groups in total. The van der Waals surface area contributed by atoms with Crippen LogP contribution in [0.3, 0.4) is 0 Å². The number of amides is 2. The molecule has 0 heterocycles. The van der Waals surface area contributed by atoms with Gasteiger partial charge in [0.1, 0.15) is 5.60 Å². The molecule has 0 radical (unpaired) electrons. The Kier molecular flexibility index (Phi) is 6.59. The summed E-state index contributed by atoms with van der Waals surface area (Å²) >= 11 is 2.09.